The molecule has 1 amide bonds. The number of hydrogen-bond acceptors (Lipinski definition) is 5. The first kappa shape index (κ1) is 19.8. The van der Waals surface area contributed by atoms with Crippen LogP contribution in [-0.4, -0.2) is 49.0 Å². The average Bonchev–Trinajstić information content (AvgIpc) is 2.64. The first-order valence-corrected chi connectivity index (χ1v) is 11.1. The van der Waals surface area contributed by atoms with Crippen molar-refractivity contribution in [2.75, 3.05) is 19.3 Å². The third kappa shape index (κ3) is 5.50. The Morgan fingerprint density at radius 1 is 1.26 bits per heavy atom. The minimum atomic E-state index is -3.25. The fraction of sp³-hybridized carbons (Fsp3) is 0.333. The highest BCUT2D eigenvalue weighted by atomic mass is 79.9. The maximum Gasteiger partial charge on any atom is 0.253 e. The summed E-state index contributed by atoms with van der Waals surface area (Å²) in [6.45, 7) is 0.789. The second kappa shape index (κ2) is 8.37. The van der Waals surface area contributed by atoms with E-state index in [1.54, 1.807) is 12.1 Å². The van der Waals surface area contributed by atoms with Crippen LogP contribution in [0, 0.1) is 0 Å². The van der Waals surface area contributed by atoms with Crippen LogP contribution in [-0.2, 0) is 10.0 Å². The summed E-state index contributed by atoms with van der Waals surface area (Å²) in [5, 5.41) is 2.88. The van der Waals surface area contributed by atoms with E-state index in [1.807, 2.05) is 24.3 Å². The van der Waals surface area contributed by atoms with Gasteiger partial charge < -0.3 is 10.1 Å². The van der Waals surface area contributed by atoms with Crippen molar-refractivity contribution < 1.29 is 17.9 Å². The van der Waals surface area contributed by atoms with Crippen LogP contribution >= 0.6 is 15.9 Å². The molecule has 27 heavy (non-hydrogen) atoms. The number of nitrogens with zero attached hydrogens (tertiary/aromatic N) is 2. The van der Waals surface area contributed by atoms with Crippen molar-refractivity contribution in [2.24, 2.45) is 0 Å². The number of benzene rings is 1. The highest BCUT2D eigenvalue weighted by Gasteiger charge is 2.27. The average molecular weight is 454 g/mol. The minimum Gasteiger partial charge on any atom is -0.439 e. The van der Waals surface area contributed by atoms with Crippen LogP contribution in [0.1, 0.15) is 23.2 Å². The molecule has 1 unspecified atom stereocenters. The topological polar surface area (TPSA) is 88.6 Å². The number of nitrogens with one attached hydrogen (secondary N) is 1. The molecule has 2 aromatic rings. The van der Waals surface area contributed by atoms with E-state index in [0.29, 0.717) is 30.3 Å². The van der Waals surface area contributed by atoms with Gasteiger partial charge in [-0.05, 0) is 43.2 Å². The number of carbonyl (C=O) groups is 1. The van der Waals surface area contributed by atoms with E-state index < -0.39 is 10.0 Å². The Hall–Kier alpha value is -1.97. The van der Waals surface area contributed by atoms with Gasteiger partial charge in [0, 0.05) is 35.9 Å². The van der Waals surface area contributed by atoms with Crippen LogP contribution in [0.15, 0.2) is 47.1 Å². The van der Waals surface area contributed by atoms with Crippen LogP contribution < -0.4 is 10.1 Å². The van der Waals surface area contributed by atoms with E-state index in [2.05, 4.69) is 26.2 Å². The van der Waals surface area contributed by atoms with Crippen molar-refractivity contribution in [3.05, 3.63) is 52.6 Å². The van der Waals surface area contributed by atoms with Gasteiger partial charge in [0.2, 0.25) is 15.9 Å². The molecule has 1 fully saturated rings. The summed E-state index contributed by atoms with van der Waals surface area (Å²) < 4.78 is 31.3. The number of rotatable bonds is 5. The summed E-state index contributed by atoms with van der Waals surface area (Å²) in [5.41, 5.74) is 0.398. The van der Waals surface area contributed by atoms with Crippen molar-refractivity contribution in [3.8, 4) is 11.6 Å². The Morgan fingerprint density at radius 3 is 2.63 bits per heavy atom. The summed E-state index contributed by atoms with van der Waals surface area (Å²) in [6.07, 6.45) is 4.10. The molecule has 144 valence electrons. The Bertz CT molecular complexity index is 901. The highest BCUT2D eigenvalue weighted by Crippen LogP contribution is 2.22. The largest absolute Gasteiger partial charge is 0.439 e. The number of sulfonamides is 1. The van der Waals surface area contributed by atoms with Gasteiger partial charge in [0.25, 0.3) is 5.91 Å². The predicted molar refractivity (Wildman–Crippen MR) is 105 cm³/mol. The zero-order valence-corrected chi connectivity index (χ0v) is 17.2. The molecule has 3 rings (SSSR count). The lowest BCUT2D eigenvalue weighted by atomic mass is 10.1. The van der Waals surface area contributed by atoms with E-state index in [9.17, 15) is 13.2 Å². The quantitative estimate of drug-likeness (QED) is 0.751. The van der Waals surface area contributed by atoms with Gasteiger partial charge in [-0.3, -0.25) is 4.79 Å². The lowest BCUT2D eigenvalue weighted by Gasteiger charge is -2.31. The predicted octanol–water partition coefficient (Wildman–Crippen LogP) is 2.79. The molecular weight excluding hydrogens is 434 g/mol. The summed E-state index contributed by atoms with van der Waals surface area (Å²) in [4.78, 5) is 16.6. The molecule has 1 aliphatic heterocycles. The van der Waals surface area contributed by atoms with Gasteiger partial charge in [-0.1, -0.05) is 15.9 Å². The first-order chi connectivity index (χ1) is 12.8. The van der Waals surface area contributed by atoms with Crippen molar-refractivity contribution in [1.82, 2.24) is 14.6 Å². The number of pyridine rings is 1. The van der Waals surface area contributed by atoms with Crippen LogP contribution in [0.2, 0.25) is 0 Å². The number of halogens is 1. The molecule has 7 nitrogen and oxygen atoms in total. The molecule has 9 heteroatoms. The Balaban J connectivity index is 1.59. The summed E-state index contributed by atoms with van der Waals surface area (Å²) in [6, 6.07) is 10.4. The smallest absolute Gasteiger partial charge is 0.253 e. The SMILES string of the molecule is CS(=O)(=O)N1CCCC(NC(=O)c2ccc(Oc3ccc(Br)cc3)nc2)C1. The van der Waals surface area contributed by atoms with E-state index in [0.717, 1.165) is 17.3 Å². The maximum absolute atomic E-state index is 12.4. The van der Waals surface area contributed by atoms with Crippen LogP contribution in [0.4, 0.5) is 0 Å². The van der Waals surface area contributed by atoms with Gasteiger partial charge in [0.15, 0.2) is 0 Å². The van der Waals surface area contributed by atoms with Crippen molar-refractivity contribution in [1.29, 1.82) is 0 Å². The van der Waals surface area contributed by atoms with Gasteiger partial charge in [-0.25, -0.2) is 17.7 Å². The van der Waals surface area contributed by atoms with Gasteiger partial charge in [-0.2, -0.15) is 0 Å². The molecule has 0 aliphatic carbocycles. The van der Waals surface area contributed by atoms with Crippen LogP contribution in [0.3, 0.4) is 0 Å². The lowest BCUT2D eigenvalue weighted by molar-refractivity contribution is 0.0921. The Morgan fingerprint density at radius 2 is 2.00 bits per heavy atom. The molecule has 1 N–H and O–H groups in total. The molecule has 1 saturated heterocycles. The Labute approximate surface area is 166 Å². The van der Waals surface area contributed by atoms with E-state index in [1.165, 1.54) is 16.8 Å². The highest BCUT2D eigenvalue weighted by molar-refractivity contribution is 9.10. The molecular formula is C18H20BrN3O4S. The molecule has 0 saturated carbocycles. The first-order valence-electron chi connectivity index (χ1n) is 8.47. The number of carbonyl (C=O) groups excluding carboxylic acids is 1. The van der Waals surface area contributed by atoms with Gasteiger partial charge in [-0.15, -0.1) is 0 Å². The minimum absolute atomic E-state index is 0.209. The fourth-order valence-electron chi connectivity index (χ4n) is 2.83. The third-order valence-electron chi connectivity index (χ3n) is 4.22. The molecule has 1 aliphatic rings. The van der Waals surface area contributed by atoms with E-state index in [4.69, 9.17) is 4.74 Å². The molecule has 1 aromatic heterocycles. The van der Waals surface area contributed by atoms with E-state index in [-0.39, 0.29) is 11.9 Å². The van der Waals surface area contributed by atoms with Gasteiger partial charge in [0.1, 0.15) is 5.75 Å². The molecule has 0 spiro atoms. The number of ether oxygens (including phenoxy) is 1. The summed E-state index contributed by atoms with van der Waals surface area (Å²) in [5.74, 6) is 0.749. The second-order valence-corrected chi connectivity index (χ2v) is 9.27. The number of piperidine rings is 1. The van der Waals surface area contributed by atoms with E-state index >= 15 is 0 Å². The monoisotopic (exact) mass is 453 g/mol. The zero-order chi connectivity index (χ0) is 19.4. The maximum atomic E-state index is 12.4. The molecule has 2 heterocycles. The zero-order valence-electron chi connectivity index (χ0n) is 14.8. The molecule has 1 atom stereocenters. The van der Waals surface area contributed by atoms with Crippen molar-refractivity contribution in [3.63, 3.8) is 0 Å². The number of amides is 1. The Kier molecular flexibility index (Phi) is 6.13. The summed E-state index contributed by atoms with van der Waals surface area (Å²) in [7, 11) is -3.25. The second-order valence-electron chi connectivity index (χ2n) is 6.37. The van der Waals surface area contributed by atoms with Gasteiger partial charge in [0.05, 0.1) is 11.8 Å². The summed E-state index contributed by atoms with van der Waals surface area (Å²) >= 11 is 3.36. The number of aromatic nitrogens is 1. The molecule has 1 aromatic carbocycles. The van der Waals surface area contributed by atoms with Crippen molar-refractivity contribution >= 4 is 31.9 Å². The number of hydrogen-bond donors (Lipinski definition) is 1. The lowest BCUT2D eigenvalue weighted by Crippen LogP contribution is -2.49. The molecule has 0 radical (unpaired) electrons. The molecule has 0 bridgehead atoms. The van der Waals surface area contributed by atoms with Gasteiger partial charge >= 0.3 is 0 Å². The standard InChI is InChI=1S/C18H20BrN3O4S/c1-27(24,25)22-10-2-3-15(12-22)21-18(23)13-4-9-17(20-11-13)26-16-7-5-14(19)6-8-16/h4-9,11,15H,2-3,10,12H2,1H3,(H,21,23). The van der Waals surface area contributed by atoms with Crippen molar-refractivity contribution in [2.45, 2.75) is 18.9 Å². The van der Waals surface area contributed by atoms with Crippen LogP contribution in [0.5, 0.6) is 11.6 Å². The van der Waals surface area contributed by atoms with Crippen LogP contribution in [0.25, 0.3) is 0 Å². The fourth-order valence-corrected chi connectivity index (χ4v) is 4.00. The normalized spacial score (nSPS) is 18.1. The third-order valence-corrected chi connectivity index (χ3v) is 6.02.